The molecule has 0 amide bonds. The van der Waals surface area contributed by atoms with Gasteiger partial charge >= 0.3 is 0 Å². The number of fused-ring (bicyclic) bond motifs is 1. The van der Waals surface area contributed by atoms with Crippen molar-refractivity contribution in [2.75, 3.05) is 13.1 Å². The average molecular weight is 243 g/mol. The van der Waals surface area contributed by atoms with Crippen molar-refractivity contribution < 1.29 is 0 Å². The minimum absolute atomic E-state index is 0.511. The van der Waals surface area contributed by atoms with Gasteiger partial charge in [0.1, 0.15) is 0 Å². The fourth-order valence-corrected chi connectivity index (χ4v) is 3.79. The Labute approximate surface area is 111 Å². The third-order valence-corrected chi connectivity index (χ3v) is 6.02. The van der Waals surface area contributed by atoms with Crippen molar-refractivity contribution in [2.45, 2.75) is 40.0 Å². The van der Waals surface area contributed by atoms with E-state index in [-0.39, 0.29) is 0 Å². The van der Waals surface area contributed by atoms with E-state index in [2.05, 4.69) is 57.3 Å². The summed E-state index contributed by atoms with van der Waals surface area (Å²) in [6, 6.07) is 8.87. The topological polar surface area (TPSA) is 12.0 Å². The monoisotopic (exact) mass is 243 g/mol. The number of hydrogen-bond acceptors (Lipinski definition) is 1. The molecule has 18 heavy (non-hydrogen) atoms. The van der Waals surface area contributed by atoms with Gasteiger partial charge in [0.2, 0.25) is 0 Å². The highest BCUT2D eigenvalue weighted by Gasteiger charge is 2.63. The lowest BCUT2D eigenvalue weighted by Crippen LogP contribution is -2.31. The molecule has 1 unspecified atom stereocenters. The third kappa shape index (κ3) is 1.64. The molecule has 0 heterocycles. The molecule has 2 aliphatic rings. The van der Waals surface area contributed by atoms with Crippen molar-refractivity contribution in [3.8, 4) is 0 Å². The molecule has 98 valence electrons. The van der Waals surface area contributed by atoms with E-state index in [0.29, 0.717) is 10.8 Å². The van der Waals surface area contributed by atoms with Crippen molar-refractivity contribution in [3.05, 3.63) is 35.4 Å². The van der Waals surface area contributed by atoms with Crippen LogP contribution in [0.2, 0.25) is 0 Å². The van der Waals surface area contributed by atoms with Crippen molar-refractivity contribution in [1.82, 2.24) is 5.32 Å². The average Bonchev–Trinajstić information content (AvgIpc) is 2.66. The summed E-state index contributed by atoms with van der Waals surface area (Å²) in [6.07, 6.45) is 1.26. The Morgan fingerprint density at radius 3 is 2.33 bits per heavy atom. The molecule has 1 aromatic rings. The van der Waals surface area contributed by atoms with Crippen LogP contribution in [-0.2, 0) is 6.42 Å². The molecular weight excluding hydrogens is 218 g/mol. The van der Waals surface area contributed by atoms with Gasteiger partial charge in [-0.25, -0.2) is 0 Å². The summed E-state index contributed by atoms with van der Waals surface area (Å²) in [5.74, 6) is 1.59. The summed E-state index contributed by atoms with van der Waals surface area (Å²) >= 11 is 0. The first-order valence-electron chi connectivity index (χ1n) is 7.23. The van der Waals surface area contributed by atoms with Crippen LogP contribution in [0, 0.1) is 16.7 Å². The van der Waals surface area contributed by atoms with Gasteiger partial charge in [-0.3, -0.25) is 0 Å². The minimum atomic E-state index is 0.511. The van der Waals surface area contributed by atoms with Gasteiger partial charge in [-0.2, -0.15) is 0 Å². The van der Waals surface area contributed by atoms with Gasteiger partial charge in [-0.1, -0.05) is 52.0 Å². The molecule has 0 aromatic heterocycles. The molecular formula is C17H25N. The van der Waals surface area contributed by atoms with Gasteiger partial charge in [0.05, 0.1) is 0 Å². The van der Waals surface area contributed by atoms with Crippen LogP contribution < -0.4 is 5.32 Å². The van der Waals surface area contributed by atoms with E-state index >= 15 is 0 Å². The maximum Gasteiger partial charge on any atom is 0.00235 e. The van der Waals surface area contributed by atoms with E-state index in [9.17, 15) is 0 Å². The van der Waals surface area contributed by atoms with Gasteiger partial charge in [0.25, 0.3) is 0 Å². The summed E-state index contributed by atoms with van der Waals surface area (Å²) in [5.41, 5.74) is 4.14. The summed E-state index contributed by atoms with van der Waals surface area (Å²) in [6.45, 7) is 11.9. The highest BCUT2D eigenvalue weighted by molar-refractivity contribution is 5.40. The number of nitrogens with one attached hydrogen (secondary N) is 1. The predicted molar refractivity (Wildman–Crippen MR) is 76.8 cm³/mol. The molecule has 0 bridgehead atoms. The smallest absolute Gasteiger partial charge is 0.00235 e. The van der Waals surface area contributed by atoms with E-state index in [1.807, 2.05) is 0 Å². The molecule has 0 aliphatic heterocycles. The molecule has 1 nitrogen and oxygen atoms in total. The van der Waals surface area contributed by atoms with Gasteiger partial charge in [0, 0.05) is 12.5 Å². The number of hydrogen-bond donors (Lipinski definition) is 1. The molecule has 1 heteroatoms. The Morgan fingerprint density at radius 2 is 1.72 bits per heavy atom. The van der Waals surface area contributed by atoms with E-state index in [0.717, 1.165) is 18.4 Å². The van der Waals surface area contributed by atoms with Gasteiger partial charge in [-0.15, -0.1) is 0 Å². The van der Waals surface area contributed by atoms with Gasteiger partial charge in [0.15, 0.2) is 0 Å². The van der Waals surface area contributed by atoms with Crippen molar-refractivity contribution in [1.29, 1.82) is 0 Å². The molecule has 3 rings (SSSR count). The second kappa shape index (κ2) is 3.84. The maximum atomic E-state index is 3.70. The summed E-state index contributed by atoms with van der Waals surface area (Å²) < 4.78 is 0. The maximum absolute atomic E-state index is 3.70. The van der Waals surface area contributed by atoms with Crippen LogP contribution in [0.4, 0.5) is 0 Å². The first-order chi connectivity index (χ1) is 8.44. The largest absolute Gasteiger partial charge is 0.316 e. The van der Waals surface area contributed by atoms with Crippen molar-refractivity contribution in [3.63, 3.8) is 0 Å². The Balaban J connectivity index is 1.48. The Bertz CT molecular complexity index is 444. The van der Waals surface area contributed by atoms with Crippen LogP contribution in [0.5, 0.6) is 0 Å². The van der Waals surface area contributed by atoms with Crippen molar-refractivity contribution in [2.24, 2.45) is 16.7 Å². The molecule has 1 saturated carbocycles. The van der Waals surface area contributed by atoms with Crippen molar-refractivity contribution >= 4 is 0 Å². The standard InChI is InChI=1S/C17H25N/c1-16(2)15(17(16,3)4)11-18-10-13-9-12-7-5-6-8-14(12)13/h5-8,13,15,18H,9-11H2,1-4H3. The van der Waals surface area contributed by atoms with Crippen LogP contribution in [0.25, 0.3) is 0 Å². The SMILES string of the molecule is CC1(C)C(CNCC2Cc3ccccc32)C1(C)C. The molecule has 1 N–H and O–H groups in total. The zero-order chi connectivity index (χ0) is 13.0. The zero-order valence-corrected chi connectivity index (χ0v) is 12.1. The second-order valence-corrected chi connectivity index (χ2v) is 7.25. The Kier molecular flexibility index (Phi) is 2.60. The Hall–Kier alpha value is -0.820. The number of benzene rings is 1. The Morgan fingerprint density at radius 1 is 1.06 bits per heavy atom. The second-order valence-electron chi connectivity index (χ2n) is 7.25. The van der Waals surface area contributed by atoms with Crippen LogP contribution in [0.1, 0.15) is 44.7 Å². The normalized spacial score (nSPS) is 27.4. The molecule has 0 saturated heterocycles. The molecule has 2 aliphatic carbocycles. The summed E-state index contributed by atoms with van der Waals surface area (Å²) in [7, 11) is 0. The van der Waals surface area contributed by atoms with E-state index in [1.54, 1.807) is 11.1 Å². The van der Waals surface area contributed by atoms with Crippen LogP contribution in [-0.4, -0.2) is 13.1 Å². The molecule has 0 radical (unpaired) electrons. The van der Waals surface area contributed by atoms with E-state index in [4.69, 9.17) is 0 Å². The lowest BCUT2D eigenvalue weighted by molar-refractivity contribution is 0.457. The highest BCUT2D eigenvalue weighted by atomic mass is 14.9. The lowest BCUT2D eigenvalue weighted by Gasteiger charge is -2.30. The summed E-state index contributed by atoms with van der Waals surface area (Å²) in [5, 5.41) is 3.70. The summed E-state index contributed by atoms with van der Waals surface area (Å²) in [4.78, 5) is 0. The van der Waals surface area contributed by atoms with Crippen LogP contribution in [0.3, 0.4) is 0 Å². The van der Waals surface area contributed by atoms with Crippen LogP contribution >= 0.6 is 0 Å². The third-order valence-electron chi connectivity index (χ3n) is 6.02. The lowest BCUT2D eigenvalue weighted by atomic mass is 9.77. The number of rotatable bonds is 4. The molecule has 1 fully saturated rings. The minimum Gasteiger partial charge on any atom is -0.316 e. The first kappa shape index (κ1) is 12.2. The molecule has 1 atom stereocenters. The van der Waals surface area contributed by atoms with Gasteiger partial charge < -0.3 is 5.32 Å². The van der Waals surface area contributed by atoms with Crippen LogP contribution in [0.15, 0.2) is 24.3 Å². The van der Waals surface area contributed by atoms with E-state index in [1.165, 1.54) is 13.0 Å². The van der Waals surface area contributed by atoms with Gasteiger partial charge in [-0.05, 0) is 40.8 Å². The highest BCUT2D eigenvalue weighted by Crippen LogP contribution is 2.67. The fourth-order valence-electron chi connectivity index (χ4n) is 3.79. The predicted octanol–water partition coefficient (Wildman–Crippen LogP) is 3.60. The first-order valence-corrected chi connectivity index (χ1v) is 7.23. The molecule has 0 spiro atoms. The molecule has 1 aromatic carbocycles. The zero-order valence-electron chi connectivity index (χ0n) is 12.1. The van der Waals surface area contributed by atoms with E-state index < -0.39 is 0 Å². The quantitative estimate of drug-likeness (QED) is 0.852. The fraction of sp³-hybridized carbons (Fsp3) is 0.647.